The Morgan fingerprint density at radius 2 is 1.76 bits per heavy atom. The zero-order chi connectivity index (χ0) is 24.6. The van der Waals surface area contributed by atoms with Gasteiger partial charge in [-0.2, -0.15) is 5.06 Å². The fraction of sp³-hybridized carbons (Fsp3) is 0.615. The number of piperidine rings is 1. The molecule has 2 amide bonds. The Morgan fingerprint density at radius 3 is 2.33 bits per heavy atom. The molecule has 2 rings (SSSR count). The minimum atomic E-state index is -0.473. The van der Waals surface area contributed by atoms with Gasteiger partial charge in [0.05, 0.1) is 6.04 Å². The maximum atomic E-state index is 12.5. The van der Waals surface area contributed by atoms with Gasteiger partial charge in [-0.25, -0.2) is 4.79 Å². The number of alkyl carbamates (subject to hydrolysis) is 1. The highest BCUT2D eigenvalue weighted by molar-refractivity contribution is 5.77. The third kappa shape index (κ3) is 8.82. The van der Waals surface area contributed by atoms with E-state index in [9.17, 15) is 14.8 Å². The van der Waals surface area contributed by atoms with Crippen LogP contribution in [-0.4, -0.2) is 45.4 Å². The van der Waals surface area contributed by atoms with E-state index < -0.39 is 17.2 Å². The van der Waals surface area contributed by atoms with Crippen molar-refractivity contribution >= 4 is 12.0 Å². The molecule has 1 aromatic rings. The molecule has 0 bridgehead atoms. The number of amides is 2. The summed E-state index contributed by atoms with van der Waals surface area (Å²) in [6.07, 6.45) is 5.52. The van der Waals surface area contributed by atoms with E-state index in [1.807, 2.05) is 64.1 Å². The van der Waals surface area contributed by atoms with Crippen LogP contribution in [0.1, 0.15) is 72.8 Å². The summed E-state index contributed by atoms with van der Waals surface area (Å²) < 4.78 is 5.33. The van der Waals surface area contributed by atoms with Crippen LogP contribution in [0, 0.1) is 5.92 Å². The van der Waals surface area contributed by atoms with Gasteiger partial charge in [0.15, 0.2) is 0 Å². The van der Waals surface area contributed by atoms with Crippen molar-refractivity contribution in [1.29, 1.82) is 0 Å². The second kappa shape index (κ2) is 11.7. The Kier molecular flexibility index (Phi) is 9.49. The maximum absolute atomic E-state index is 12.5. The summed E-state index contributed by atoms with van der Waals surface area (Å²) in [6, 6.07) is 9.32. The number of ether oxygens (including phenoxy) is 1. The molecular weight excluding hydrogens is 418 g/mol. The van der Waals surface area contributed by atoms with Crippen LogP contribution in [0.25, 0.3) is 0 Å². The summed E-state index contributed by atoms with van der Waals surface area (Å²) in [7, 11) is 0. The van der Waals surface area contributed by atoms with E-state index in [0.717, 1.165) is 12.0 Å². The third-order valence-electron chi connectivity index (χ3n) is 5.92. The number of nitrogens with one attached hydrogen (secondary N) is 2. The number of hydroxylamine groups is 2. The number of rotatable bonds is 9. The van der Waals surface area contributed by atoms with Gasteiger partial charge in [0.25, 0.3) is 0 Å². The Morgan fingerprint density at radius 1 is 1.15 bits per heavy atom. The van der Waals surface area contributed by atoms with Crippen LogP contribution in [0.5, 0.6) is 0 Å². The van der Waals surface area contributed by atoms with Crippen molar-refractivity contribution in [2.45, 2.75) is 97.0 Å². The second-order valence-electron chi connectivity index (χ2n) is 10.7. The van der Waals surface area contributed by atoms with E-state index in [0.29, 0.717) is 18.8 Å². The number of benzene rings is 1. The van der Waals surface area contributed by atoms with Gasteiger partial charge in [0.2, 0.25) is 5.91 Å². The Labute approximate surface area is 198 Å². The molecule has 1 unspecified atom stereocenters. The Bertz CT molecular complexity index is 787. The summed E-state index contributed by atoms with van der Waals surface area (Å²) in [5.74, 6) is 0.306. The largest absolute Gasteiger partial charge is 0.445 e. The van der Waals surface area contributed by atoms with Crippen molar-refractivity contribution < 1.29 is 19.5 Å². The van der Waals surface area contributed by atoms with Crippen molar-refractivity contribution in [2.24, 2.45) is 5.92 Å². The van der Waals surface area contributed by atoms with Gasteiger partial charge < -0.3 is 20.6 Å². The van der Waals surface area contributed by atoms with E-state index in [2.05, 4.69) is 24.5 Å². The molecule has 0 spiro atoms. The third-order valence-corrected chi connectivity index (χ3v) is 5.92. The summed E-state index contributed by atoms with van der Waals surface area (Å²) in [4.78, 5) is 24.8. The van der Waals surface area contributed by atoms with Crippen LogP contribution in [0.3, 0.4) is 0 Å². The van der Waals surface area contributed by atoms with Crippen LogP contribution in [-0.2, 0) is 16.1 Å². The van der Waals surface area contributed by atoms with Gasteiger partial charge in [-0.15, -0.1) is 0 Å². The van der Waals surface area contributed by atoms with Crippen molar-refractivity contribution in [3.63, 3.8) is 0 Å². The van der Waals surface area contributed by atoms with Gasteiger partial charge in [-0.3, -0.25) is 4.79 Å². The molecule has 0 saturated carbocycles. The SMILES string of the molecule is CC(C)CC(C=CCC(=O)NC1CC(C)(C)N(O)C(C)(C)C1)NC(=O)OCc1ccccc1. The van der Waals surface area contributed by atoms with E-state index >= 15 is 0 Å². The fourth-order valence-electron chi connectivity index (χ4n) is 4.61. The molecule has 1 saturated heterocycles. The first-order chi connectivity index (χ1) is 15.4. The van der Waals surface area contributed by atoms with Crippen molar-refractivity contribution in [1.82, 2.24) is 15.7 Å². The highest BCUT2D eigenvalue weighted by Gasteiger charge is 2.45. The van der Waals surface area contributed by atoms with Gasteiger partial charge in [0, 0.05) is 23.5 Å². The first kappa shape index (κ1) is 26.9. The van der Waals surface area contributed by atoms with Crippen LogP contribution in [0.4, 0.5) is 4.79 Å². The van der Waals surface area contributed by atoms with Crippen molar-refractivity contribution in [3.05, 3.63) is 48.0 Å². The monoisotopic (exact) mass is 459 g/mol. The second-order valence-corrected chi connectivity index (χ2v) is 10.7. The number of nitrogens with zero attached hydrogens (tertiary/aromatic N) is 1. The zero-order valence-electron chi connectivity index (χ0n) is 20.9. The molecular formula is C26H41N3O4. The summed E-state index contributed by atoms with van der Waals surface area (Å²) in [5, 5.41) is 17.8. The summed E-state index contributed by atoms with van der Waals surface area (Å²) >= 11 is 0. The standard InChI is InChI=1S/C26H41N3O4/c1-19(2)15-21(28-24(31)33-18-20-11-8-7-9-12-20)13-10-14-23(30)27-22-16-25(3,4)29(32)26(5,6)17-22/h7-13,19,21-22,32H,14-18H2,1-6H3,(H,27,30)(H,28,31). The summed E-state index contributed by atoms with van der Waals surface area (Å²) in [6.45, 7) is 12.3. The van der Waals surface area contributed by atoms with Gasteiger partial charge in [-0.1, -0.05) is 56.3 Å². The highest BCUT2D eigenvalue weighted by Crippen LogP contribution is 2.36. The molecule has 3 N–H and O–H groups in total. The average Bonchev–Trinajstić information content (AvgIpc) is 2.70. The number of hydrogen-bond acceptors (Lipinski definition) is 5. The molecule has 0 aliphatic carbocycles. The van der Waals surface area contributed by atoms with Gasteiger partial charge >= 0.3 is 6.09 Å². The number of carbonyl (C=O) groups excluding carboxylic acids is 2. The van der Waals surface area contributed by atoms with Crippen LogP contribution in [0.2, 0.25) is 0 Å². The highest BCUT2D eigenvalue weighted by atomic mass is 16.5. The molecule has 184 valence electrons. The molecule has 33 heavy (non-hydrogen) atoms. The van der Waals surface area contributed by atoms with E-state index in [1.54, 1.807) is 6.08 Å². The maximum Gasteiger partial charge on any atom is 0.407 e. The lowest BCUT2D eigenvalue weighted by molar-refractivity contribution is -0.246. The lowest BCUT2D eigenvalue weighted by Gasteiger charge is -2.51. The van der Waals surface area contributed by atoms with E-state index in [4.69, 9.17) is 4.74 Å². The number of hydrogen-bond donors (Lipinski definition) is 3. The van der Waals surface area contributed by atoms with Gasteiger partial charge in [-0.05, 0) is 58.4 Å². The quantitative estimate of drug-likeness (QED) is 0.462. The normalized spacial score (nSPS) is 19.4. The van der Waals surface area contributed by atoms with E-state index in [1.165, 1.54) is 5.06 Å². The Balaban J connectivity index is 1.85. The van der Waals surface area contributed by atoms with Crippen molar-refractivity contribution in [3.8, 4) is 0 Å². The predicted molar refractivity (Wildman–Crippen MR) is 130 cm³/mol. The molecule has 1 atom stereocenters. The number of carbonyl (C=O) groups is 2. The Hall–Kier alpha value is -2.38. The van der Waals surface area contributed by atoms with E-state index in [-0.39, 0.29) is 31.0 Å². The molecule has 1 aromatic carbocycles. The predicted octanol–water partition coefficient (Wildman–Crippen LogP) is 4.80. The van der Waals surface area contributed by atoms with Gasteiger partial charge in [0.1, 0.15) is 6.61 Å². The first-order valence-corrected chi connectivity index (χ1v) is 11.8. The molecule has 0 radical (unpaired) electrons. The summed E-state index contributed by atoms with van der Waals surface area (Å²) in [5.41, 5.74) is 0.0998. The molecule has 1 heterocycles. The molecule has 7 nitrogen and oxygen atoms in total. The van der Waals surface area contributed by atoms with Crippen LogP contribution >= 0.6 is 0 Å². The smallest absolute Gasteiger partial charge is 0.407 e. The minimum absolute atomic E-state index is 0.00292. The fourth-order valence-corrected chi connectivity index (χ4v) is 4.61. The average molecular weight is 460 g/mol. The lowest BCUT2D eigenvalue weighted by atomic mass is 9.79. The van der Waals surface area contributed by atoms with Crippen LogP contribution in [0.15, 0.2) is 42.5 Å². The minimum Gasteiger partial charge on any atom is -0.445 e. The first-order valence-electron chi connectivity index (χ1n) is 11.8. The van der Waals surface area contributed by atoms with Crippen molar-refractivity contribution in [2.75, 3.05) is 0 Å². The topological polar surface area (TPSA) is 90.9 Å². The van der Waals surface area contributed by atoms with Crippen LogP contribution < -0.4 is 10.6 Å². The lowest BCUT2D eigenvalue weighted by Crippen LogP contribution is -2.62. The zero-order valence-corrected chi connectivity index (χ0v) is 20.9. The molecule has 1 fully saturated rings. The molecule has 7 heteroatoms. The molecule has 1 aliphatic heterocycles. The molecule has 0 aromatic heterocycles. The molecule has 1 aliphatic rings.